The van der Waals surface area contributed by atoms with E-state index in [2.05, 4.69) is 10.6 Å². The first-order valence-electron chi connectivity index (χ1n) is 8.72. The van der Waals surface area contributed by atoms with Gasteiger partial charge in [-0.15, -0.1) is 0 Å². The van der Waals surface area contributed by atoms with Crippen molar-refractivity contribution in [3.63, 3.8) is 0 Å². The van der Waals surface area contributed by atoms with Gasteiger partial charge in [0.1, 0.15) is 6.54 Å². The van der Waals surface area contributed by atoms with Crippen LogP contribution in [0.3, 0.4) is 0 Å². The lowest BCUT2D eigenvalue weighted by Gasteiger charge is -2.12. The Morgan fingerprint density at radius 2 is 2.04 bits per heavy atom. The molecule has 2 aliphatic rings. The van der Waals surface area contributed by atoms with E-state index < -0.39 is 0 Å². The summed E-state index contributed by atoms with van der Waals surface area (Å²) in [6.45, 7) is 0.235. The zero-order valence-corrected chi connectivity index (χ0v) is 15.0. The lowest BCUT2D eigenvalue weighted by molar-refractivity contribution is -0.122. The van der Waals surface area contributed by atoms with Crippen molar-refractivity contribution in [2.75, 3.05) is 0 Å². The number of amides is 3. The number of carbonyl (C=O) groups excluding carboxylic acids is 3. The van der Waals surface area contributed by atoms with Gasteiger partial charge in [-0.05, 0) is 36.7 Å². The number of carbonyl (C=O) groups is 3. The van der Waals surface area contributed by atoms with Gasteiger partial charge in [0.25, 0.3) is 11.1 Å². The minimum atomic E-state index is -0.379. The van der Waals surface area contributed by atoms with E-state index in [0.29, 0.717) is 4.91 Å². The lowest BCUT2D eigenvalue weighted by atomic mass is 10.1. The highest BCUT2D eigenvalue weighted by atomic mass is 32.2. The predicted octanol–water partition coefficient (Wildman–Crippen LogP) is 3.02. The molecule has 1 aliphatic heterocycles. The number of benzene rings is 1. The second-order valence-corrected chi connectivity index (χ2v) is 7.65. The Balaban J connectivity index is 1.61. The van der Waals surface area contributed by atoms with Crippen molar-refractivity contribution in [2.45, 2.75) is 38.3 Å². The maximum absolute atomic E-state index is 12.4. The fourth-order valence-electron chi connectivity index (χ4n) is 3.58. The smallest absolute Gasteiger partial charge is 0.290 e. The van der Waals surface area contributed by atoms with Crippen LogP contribution < -0.4 is 10.6 Å². The zero-order chi connectivity index (χ0) is 18.1. The molecular weight excluding hydrogens is 350 g/mol. The van der Waals surface area contributed by atoms with E-state index in [1.54, 1.807) is 6.08 Å². The van der Waals surface area contributed by atoms with Crippen LogP contribution in [0.25, 0.3) is 17.0 Å². The number of imide groups is 1. The summed E-state index contributed by atoms with van der Waals surface area (Å²) in [7, 11) is 0. The van der Waals surface area contributed by atoms with Gasteiger partial charge in [-0.1, -0.05) is 31.0 Å². The number of aromatic nitrogens is 1. The van der Waals surface area contributed by atoms with E-state index in [-0.39, 0.29) is 29.6 Å². The minimum absolute atomic E-state index is 0.0000170. The average Bonchev–Trinajstić information content (AvgIpc) is 3.30. The van der Waals surface area contributed by atoms with Crippen LogP contribution in [0, 0.1) is 0 Å². The van der Waals surface area contributed by atoms with E-state index in [9.17, 15) is 14.4 Å². The van der Waals surface area contributed by atoms with Crippen molar-refractivity contribution in [3.05, 3.63) is 40.9 Å². The normalized spacial score (nSPS) is 19.5. The number of hydrogen-bond donors (Lipinski definition) is 2. The molecule has 2 fully saturated rings. The van der Waals surface area contributed by atoms with Crippen LogP contribution in [0.2, 0.25) is 0 Å². The number of para-hydroxylation sites is 1. The molecule has 1 saturated heterocycles. The van der Waals surface area contributed by atoms with E-state index in [0.717, 1.165) is 41.1 Å². The van der Waals surface area contributed by atoms with Crippen LogP contribution in [0.1, 0.15) is 31.2 Å². The van der Waals surface area contributed by atoms with Gasteiger partial charge in [0, 0.05) is 28.7 Å². The van der Waals surface area contributed by atoms with Gasteiger partial charge in [0.15, 0.2) is 0 Å². The molecule has 0 unspecified atom stereocenters. The first kappa shape index (κ1) is 16.9. The highest BCUT2D eigenvalue weighted by Crippen LogP contribution is 2.29. The molecule has 7 heteroatoms. The van der Waals surface area contributed by atoms with E-state index in [1.165, 1.54) is 12.8 Å². The summed E-state index contributed by atoms with van der Waals surface area (Å²) in [4.78, 5) is 35.9. The van der Waals surface area contributed by atoms with Gasteiger partial charge < -0.3 is 9.88 Å². The third-order valence-corrected chi connectivity index (χ3v) is 5.59. The van der Waals surface area contributed by atoms with E-state index in [1.807, 2.05) is 35.0 Å². The molecule has 1 saturated carbocycles. The van der Waals surface area contributed by atoms with Crippen LogP contribution in [0.4, 0.5) is 4.79 Å². The Morgan fingerprint density at radius 3 is 2.77 bits per heavy atom. The van der Waals surface area contributed by atoms with Gasteiger partial charge in [-0.25, -0.2) is 0 Å². The molecule has 0 spiro atoms. The minimum Gasteiger partial charge on any atom is -0.352 e. The molecule has 2 heterocycles. The van der Waals surface area contributed by atoms with Crippen molar-refractivity contribution in [1.29, 1.82) is 0 Å². The molecule has 1 aliphatic carbocycles. The summed E-state index contributed by atoms with van der Waals surface area (Å²) in [5, 5.41) is 5.95. The molecule has 0 bridgehead atoms. The Hall–Kier alpha value is -2.54. The average molecular weight is 369 g/mol. The van der Waals surface area contributed by atoms with Gasteiger partial charge in [0.2, 0.25) is 5.91 Å². The molecule has 134 valence electrons. The summed E-state index contributed by atoms with van der Waals surface area (Å²) < 4.78 is 1.89. The number of thioether (sulfide) groups is 1. The largest absolute Gasteiger partial charge is 0.352 e. The fourth-order valence-corrected chi connectivity index (χ4v) is 4.25. The number of rotatable bonds is 4. The molecule has 1 aromatic heterocycles. The lowest BCUT2D eigenvalue weighted by Crippen LogP contribution is -2.35. The standard InChI is InChI=1S/C19H19N3O3S/c23-17(20-13-5-1-2-6-13)11-22-10-12(14-7-3-4-8-15(14)22)9-16-18(24)21-19(25)26-16/h3-4,7-10,13H,1-2,5-6,11H2,(H,20,23)(H,21,24,25)/b16-9-. The third kappa shape index (κ3) is 3.39. The Morgan fingerprint density at radius 1 is 1.27 bits per heavy atom. The quantitative estimate of drug-likeness (QED) is 0.812. The summed E-state index contributed by atoms with van der Waals surface area (Å²) in [6, 6.07) is 8.03. The third-order valence-electron chi connectivity index (χ3n) is 4.78. The van der Waals surface area contributed by atoms with Gasteiger partial charge >= 0.3 is 0 Å². The topological polar surface area (TPSA) is 80.2 Å². The number of fused-ring (bicyclic) bond motifs is 1. The monoisotopic (exact) mass is 369 g/mol. The fraction of sp³-hybridized carbons (Fsp3) is 0.316. The highest BCUT2D eigenvalue weighted by Gasteiger charge is 2.25. The summed E-state index contributed by atoms with van der Waals surface area (Å²) in [5.41, 5.74) is 1.75. The van der Waals surface area contributed by atoms with Crippen LogP contribution in [-0.2, 0) is 16.1 Å². The molecule has 4 rings (SSSR count). The predicted molar refractivity (Wildman–Crippen MR) is 101 cm³/mol. The Kier molecular flexibility index (Phi) is 4.55. The van der Waals surface area contributed by atoms with Crippen LogP contribution in [0.15, 0.2) is 35.4 Å². The molecule has 0 radical (unpaired) electrons. The maximum atomic E-state index is 12.4. The van der Waals surface area contributed by atoms with Crippen LogP contribution in [0.5, 0.6) is 0 Å². The SMILES string of the molecule is O=C(Cn1cc(/C=C2\SC(=O)NC2=O)c2ccccc21)NC1CCCC1. The second-order valence-electron chi connectivity index (χ2n) is 6.63. The number of hydrogen-bond acceptors (Lipinski definition) is 4. The van der Waals surface area contributed by atoms with Crippen molar-refractivity contribution >= 4 is 45.8 Å². The summed E-state index contributed by atoms with van der Waals surface area (Å²) >= 11 is 0.895. The molecule has 2 aromatic rings. The molecule has 1 aromatic carbocycles. The molecule has 26 heavy (non-hydrogen) atoms. The summed E-state index contributed by atoms with van der Waals surface area (Å²) in [6.07, 6.45) is 8.02. The molecular formula is C19H19N3O3S. The molecule has 6 nitrogen and oxygen atoms in total. The second kappa shape index (κ2) is 6.99. The Labute approximate surface area is 155 Å². The maximum Gasteiger partial charge on any atom is 0.290 e. The first-order valence-corrected chi connectivity index (χ1v) is 9.54. The van der Waals surface area contributed by atoms with E-state index >= 15 is 0 Å². The highest BCUT2D eigenvalue weighted by molar-refractivity contribution is 8.18. The van der Waals surface area contributed by atoms with Gasteiger partial charge in [-0.2, -0.15) is 0 Å². The van der Waals surface area contributed by atoms with Crippen molar-refractivity contribution in [3.8, 4) is 0 Å². The van der Waals surface area contributed by atoms with Crippen LogP contribution >= 0.6 is 11.8 Å². The molecule has 2 N–H and O–H groups in total. The van der Waals surface area contributed by atoms with Gasteiger partial charge in [0.05, 0.1) is 4.91 Å². The summed E-state index contributed by atoms with van der Waals surface area (Å²) in [5.74, 6) is -0.379. The first-order chi connectivity index (χ1) is 12.6. The van der Waals surface area contributed by atoms with Gasteiger partial charge in [-0.3, -0.25) is 19.7 Å². The van der Waals surface area contributed by atoms with Crippen molar-refractivity contribution in [1.82, 2.24) is 15.2 Å². The molecule has 3 amide bonds. The van der Waals surface area contributed by atoms with E-state index in [4.69, 9.17) is 0 Å². The number of nitrogens with one attached hydrogen (secondary N) is 2. The molecule has 0 atom stereocenters. The van der Waals surface area contributed by atoms with Crippen LogP contribution in [-0.4, -0.2) is 27.7 Å². The Bertz CT molecular complexity index is 925. The number of nitrogens with zero attached hydrogens (tertiary/aromatic N) is 1. The van der Waals surface area contributed by atoms with Crippen molar-refractivity contribution < 1.29 is 14.4 Å². The zero-order valence-electron chi connectivity index (χ0n) is 14.2. The van der Waals surface area contributed by atoms with Crippen molar-refractivity contribution in [2.24, 2.45) is 0 Å².